The van der Waals surface area contributed by atoms with E-state index in [2.05, 4.69) is 51.6 Å². The Kier molecular flexibility index (Phi) is 3.34. The minimum absolute atomic E-state index is 0.612. The Morgan fingerprint density at radius 2 is 1.77 bits per heavy atom. The molecule has 1 aliphatic heterocycles. The maximum absolute atomic E-state index is 9.59. The molecule has 128 valence electrons. The van der Waals surface area contributed by atoms with E-state index in [9.17, 15) is 5.26 Å². The third-order valence-electron chi connectivity index (χ3n) is 5.35. The first kappa shape index (κ1) is 15.2. The minimum atomic E-state index is 0.612. The first-order valence-electron chi connectivity index (χ1n) is 8.92. The van der Waals surface area contributed by atoms with E-state index < -0.39 is 0 Å². The van der Waals surface area contributed by atoms with E-state index in [0.717, 1.165) is 53.8 Å². The smallest absolute Gasteiger partial charge is 0.156 e. The van der Waals surface area contributed by atoms with Gasteiger partial charge >= 0.3 is 0 Å². The van der Waals surface area contributed by atoms with E-state index in [1.807, 2.05) is 24.3 Å². The molecule has 5 rings (SSSR count). The normalized spacial score (nSPS) is 15.8. The van der Waals surface area contributed by atoms with Crippen molar-refractivity contribution in [2.24, 2.45) is 0 Å². The van der Waals surface area contributed by atoms with Crippen LogP contribution in [0.2, 0.25) is 0 Å². The molecule has 26 heavy (non-hydrogen) atoms. The highest BCUT2D eigenvalue weighted by Gasteiger charge is 2.17. The Balaban J connectivity index is 1.79. The van der Waals surface area contributed by atoms with E-state index in [1.54, 1.807) is 0 Å². The van der Waals surface area contributed by atoms with E-state index in [0.29, 0.717) is 5.56 Å². The van der Waals surface area contributed by atoms with E-state index in [4.69, 9.17) is 4.98 Å². The predicted octanol–water partition coefficient (Wildman–Crippen LogP) is 3.26. The van der Waals surface area contributed by atoms with Crippen LogP contribution in [0.4, 0.5) is 5.69 Å². The number of para-hydroxylation sites is 2. The van der Waals surface area contributed by atoms with Gasteiger partial charge in [0.05, 0.1) is 22.1 Å². The van der Waals surface area contributed by atoms with Crippen LogP contribution in [0, 0.1) is 11.3 Å². The summed E-state index contributed by atoms with van der Waals surface area (Å²) in [6.45, 7) is 4.22. The summed E-state index contributed by atoms with van der Waals surface area (Å²) in [5.74, 6) is 0. The number of anilines is 1. The summed E-state index contributed by atoms with van der Waals surface area (Å²) in [6.07, 6.45) is 0. The van der Waals surface area contributed by atoms with Crippen molar-refractivity contribution in [1.82, 2.24) is 14.3 Å². The molecule has 0 spiro atoms. The average Bonchev–Trinajstić information content (AvgIpc) is 3.07. The quantitative estimate of drug-likeness (QED) is 0.533. The van der Waals surface area contributed by atoms with Gasteiger partial charge in [-0.05, 0) is 37.4 Å². The molecule has 0 unspecified atom stereocenters. The largest absolute Gasteiger partial charge is 0.369 e. The zero-order valence-corrected chi connectivity index (χ0v) is 14.7. The minimum Gasteiger partial charge on any atom is -0.369 e. The van der Waals surface area contributed by atoms with Crippen molar-refractivity contribution >= 4 is 33.3 Å². The van der Waals surface area contributed by atoms with Crippen molar-refractivity contribution in [1.29, 1.82) is 5.26 Å². The number of pyridine rings is 1. The van der Waals surface area contributed by atoms with Gasteiger partial charge in [0.1, 0.15) is 6.07 Å². The zero-order chi connectivity index (χ0) is 17.7. The molecule has 0 aliphatic carbocycles. The fraction of sp³-hybridized carbons (Fsp3) is 0.238. The molecule has 5 nitrogen and oxygen atoms in total. The highest BCUT2D eigenvalue weighted by Crippen LogP contribution is 2.29. The second-order valence-corrected chi connectivity index (χ2v) is 6.96. The predicted molar refractivity (Wildman–Crippen MR) is 105 cm³/mol. The first-order valence-corrected chi connectivity index (χ1v) is 8.92. The fourth-order valence-corrected chi connectivity index (χ4v) is 3.86. The van der Waals surface area contributed by atoms with Crippen molar-refractivity contribution in [3.05, 3.63) is 54.1 Å². The van der Waals surface area contributed by atoms with Gasteiger partial charge in [-0.2, -0.15) is 5.26 Å². The Labute approximate surface area is 151 Å². The Bertz CT molecular complexity index is 1180. The zero-order valence-electron chi connectivity index (χ0n) is 14.7. The number of imidazole rings is 1. The van der Waals surface area contributed by atoms with Crippen LogP contribution in [-0.2, 0) is 0 Å². The summed E-state index contributed by atoms with van der Waals surface area (Å²) in [4.78, 5) is 9.50. The molecule has 0 saturated carbocycles. The summed E-state index contributed by atoms with van der Waals surface area (Å²) in [5.41, 5.74) is 5.64. The van der Waals surface area contributed by atoms with Crippen LogP contribution >= 0.6 is 0 Å². The Morgan fingerprint density at radius 1 is 0.962 bits per heavy atom. The van der Waals surface area contributed by atoms with E-state index in [-0.39, 0.29) is 0 Å². The molecule has 1 aliphatic rings. The number of rotatable bonds is 1. The van der Waals surface area contributed by atoms with Crippen LogP contribution in [0.3, 0.4) is 0 Å². The van der Waals surface area contributed by atoms with Crippen molar-refractivity contribution in [3.8, 4) is 6.07 Å². The van der Waals surface area contributed by atoms with E-state index in [1.165, 1.54) is 5.69 Å². The third kappa shape index (κ3) is 2.23. The van der Waals surface area contributed by atoms with Crippen molar-refractivity contribution in [2.75, 3.05) is 38.1 Å². The summed E-state index contributed by atoms with van der Waals surface area (Å²) < 4.78 is 2.13. The van der Waals surface area contributed by atoms with Crippen LogP contribution in [0.5, 0.6) is 0 Å². The number of hydrogen-bond acceptors (Lipinski definition) is 4. The van der Waals surface area contributed by atoms with Crippen LogP contribution in [0.15, 0.2) is 48.5 Å². The summed E-state index contributed by atoms with van der Waals surface area (Å²) in [6, 6.07) is 18.9. The van der Waals surface area contributed by atoms with E-state index >= 15 is 0 Å². The topological polar surface area (TPSA) is 47.6 Å². The number of nitrogens with zero attached hydrogens (tertiary/aromatic N) is 5. The fourth-order valence-electron chi connectivity index (χ4n) is 3.86. The average molecular weight is 341 g/mol. The number of benzene rings is 2. The van der Waals surface area contributed by atoms with Gasteiger partial charge < -0.3 is 9.80 Å². The van der Waals surface area contributed by atoms with Crippen LogP contribution in [-0.4, -0.2) is 47.5 Å². The molecule has 2 aromatic carbocycles. The molecule has 3 heterocycles. The first-order chi connectivity index (χ1) is 12.7. The summed E-state index contributed by atoms with van der Waals surface area (Å²) in [5, 5.41) is 10.7. The maximum atomic E-state index is 9.59. The third-order valence-corrected chi connectivity index (χ3v) is 5.35. The molecule has 0 amide bonds. The molecule has 0 N–H and O–H groups in total. The van der Waals surface area contributed by atoms with Crippen LogP contribution < -0.4 is 4.90 Å². The standard InChI is InChI=1S/C21H19N5/c1-24-8-10-25(11-9-24)17-7-6-15-12-16(14-22)21-23-18-4-2-3-5-19(18)26(21)20(15)13-17/h2-7,12-13H,8-11H2,1H3. The summed E-state index contributed by atoms with van der Waals surface area (Å²) in [7, 11) is 2.17. The Morgan fingerprint density at radius 3 is 2.58 bits per heavy atom. The van der Waals surface area contributed by atoms with Gasteiger partial charge in [0, 0.05) is 37.3 Å². The molecule has 0 bridgehead atoms. The molecule has 5 heteroatoms. The molecule has 2 aromatic heterocycles. The SMILES string of the molecule is CN1CCN(c2ccc3cc(C#N)c4nc5ccccc5n4c3c2)CC1. The summed E-state index contributed by atoms with van der Waals surface area (Å²) >= 11 is 0. The monoisotopic (exact) mass is 341 g/mol. The van der Waals surface area contributed by atoms with Crippen molar-refractivity contribution in [3.63, 3.8) is 0 Å². The second kappa shape index (κ2) is 5.72. The highest BCUT2D eigenvalue weighted by molar-refractivity contribution is 5.94. The van der Waals surface area contributed by atoms with Crippen LogP contribution in [0.25, 0.3) is 27.6 Å². The number of likely N-dealkylation sites (N-methyl/N-ethyl adjacent to an activating group) is 1. The van der Waals surface area contributed by atoms with Gasteiger partial charge in [-0.3, -0.25) is 4.40 Å². The van der Waals surface area contributed by atoms with Crippen molar-refractivity contribution < 1.29 is 0 Å². The van der Waals surface area contributed by atoms with Crippen molar-refractivity contribution in [2.45, 2.75) is 0 Å². The number of fused-ring (bicyclic) bond motifs is 5. The number of nitriles is 1. The maximum Gasteiger partial charge on any atom is 0.156 e. The number of hydrogen-bond donors (Lipinski definition) is 0. The lowest BCUT2D eigenvalue weighted by Gasteiger charge is -2.34. The highest BCUT2D eigenvalue weighted by atomic mass is 15.2. The number of piperazine rings is 1. The second-order valence-electron chi connectivity index (χ2n) is 6.96. The van der Waals surface area contributed by atoms with Gasteiger partial charge in [0.2, 0.25) is 0 Å². The Hall–Kier alpha value is -3.10. The molecule has 0 atom stereocenters. The molecule has 0 radical (unpaired) electrons. The molecular weight excluding hydrogens is 322 g/mol. The van der Waals surface area contributed by atoms with Gasteiger partial charge in [0.25, 0.3) is 0 Å². The van der Waals surface area contributed by atoms with Gasteiger partial charge in [0.15, 0.2) is 5.65 Å². The molecule has 1 saturated heterocycles. The van der Waals surface area contributed by atoms with Gasteiger partial charge in [-0.25, -0.2) is 4.98 Å². The van der Waals surface area contributed by atoms with Crippen LogP contribution in [0.1, 0.15) is 5.56 Å². The van der Waals surface area contributed by atoms with Gasteiger partial charge in [-0.15, -0.1) is 0 Å². The number of aromatic nitrogens is 2. The lowest BCUT2D eigenvalue weighted by Crippen LogP contribution is -2.44. The van der Waals surface area contributed by atoms with Gasteiger partial charge in [-0.1, -0.05) is 18.2 Å². The lowest BCUT2D eigenvalue weighted by molar-refractivity contribution is 0.313. The molecular formula is C21H19N5. The molecule has 1 fully saturated rings. The lowest BCUT2D eigenvalue weighted by atomic mass is 10.1. The molecule has 4 aromatic rings.